The Morgan fingerprint density at radius 1 is 1.42 bits per heavy atom. The Hall–Kier alpha value is -0.120. The zero-order valence-electron chi connectivity index (χ0n) is 7.76. The Kier molecular flexibility index (Phi) is 3.09. The van der Waals surface area contributed by atoms with E-state index in [0.717, 1.165) is 6.42 Å². The Morgan fingerprint density at radius 3 is 2.58 bits per heavy atom. The van der Waals surface area contributed by atoms with E-state index in [4.69, 9.17) is 0 Å². The van der Waals surface area contributed by atoms with Crippen LogP contribution in [0.5, 0.6) is 0 Å². The molecule has 2 heteroatoms. The van der Waals surface area contributed by atoms with E-state index in [1.807, 2.05) is 12.3 Å². The molecule has 1 rings (SSSR count). The van der Waals surface area contributed by atoms with Crippen molar-refractivity contribution in [2.45, 2.75) is 27.2 Å². The predicted octanol–water partition coefficient (Wildman–Crippen LogP) is 3.27. The molecule has 0 spiro atoms. The van der Waals surface area contributed by atoms with Gasteiger partial charge in [0.2, 0.25) is 0 Å². The minimum Gasteiger partial charge on any atom is -0.261 e. The minimum absolute atomic E-state index is 0.331. The Bertz CT molecular complexity index is 263. The normalized spacial score (nSPS) is 11.7. The van der Waals surface area contributed by atoms with E-state index in [-0.39, 0.29) is 0 Å². The van der Waals surface area contributed by atoms with Gasteiger partial charge >= 0.3 is 0 Å². The molecule has 0 aromatic carbocycles. The van der Waals surface area contributed by atoms with E-state index in [1.54, 1.807) is 0 Å². The van der Waals surface area contributed by atoms with Gasteiger partial charge in [0.1, 0.15) is 0 Å². The number of halogens is 1. The molecule has 0 aliphatic rings. The molecule has 0 aliphatic carbocycles. The number of rotatable bonds is 1. The first-order valence-corrected chi connectivity index (χ1v) is 5.16. The third-order valence-corrected chi connectivity index (χ3v) is 2.16. The highest BCUT2D eigenvalue weighted by molar-refractivity contribution is 14.1. The molecule has 66 valence electrons. The number of pyridine rings is 1. The fourth-order valence-corrected chi connectivity index (χ4v) is 1.61. The molecule has 0 saturated heterocycles. The van der Waals surface area contributed by atoms with Crippen LogP contribution in [0.15, 0.2) is 18.3 Å². The fourth-order valence-electron chi connectivity index (χ4n) is 1.09. The standard InChI is InChI=1S/C10H14IN/c1-10(2,3)7-9-6-8(11)4-5-12-9/h4-6H,7H2,1-3H3. The number of hydrogen-bond acceptors (Lipinski definition) is 1. The van der Waals surface area contributed by atoms with E-state index in [9.17, 15) is 0 Å². The summed E-state index contributed by atoms with van der Waals surface area (Å²) in [5.41, 5.74) is 1.52. The molecule has 1 aromatic heterocycles. The predicted molar refractivity (Wildman–Crippen MR) is 60.1 cm³/mol. The Labute approximate surface area is 87.7 Å². The maximum absolute atomic E-state index is 4.32. The van der Waals surface area contributed by atoms with Gasteiger partial charge in [-0.05, 0) is 46.6 Å². The van der Waals surface area contributed by atoms with E-state index in [1.165, 1.54) is 9.26 Å². The largest absolute Gasteiger partial charge is 0.261 e. The second kappa shape index (κ2) is 3.73. The molecule has 1 nitrogen and oxygen atoms in total. The van der Waals surface area contributed by atoms with Crippen LogP contribution in [-0.2, 0) is 6.42 Å². The zero-order chi connectivity index (χ0) is 9.19. The second-order valence-electron chi connectivity index (χ2n) is 4.20. The van der Waals surface area contributed by atoms with Gasteiger partial charge in [-0.2, -0.15) is 0 Å². The average molecular weight is 275 g/mol. The summed E-state index contributed by atoms with van der Waals surface area (Å²) in [5, 5.41) is 0. The van der Waals surface area contributed by atoms with E-state index < -0.39 is 0 Å². The maximum atomic E-state index is 4.32. The van der Waals surface area contributed by atoms with Crippen molar-refractivity contribution in [2.75, 3.05) is 0 Å². The summed E-state index contributed by atoms with van der Waals surface area (Å²) in [6.45, 7) is 6.69. The van der Waals surface area contributed by atoms with Crippen LogP contribution in [0.3, 0.4) is 0 Å². The van der Waals surface area contributed by atoms with Crippen LogP contribution in [0.4, 0.5) is 0 Å². The summed E-state index contributed by atoms with van der Waals surface area (Å²) >= 11 is 2.32. The van der Waals surface area contributed by atoms with Crippen LogP contribution in [0.2, 0.25) is 0 Å². The van der Waals surface area contributed by atoms with Crippen molar-refractivity contribution in [1.82, 2.24) is 4.98 Å². The molecule has 0 saturated carbocycles. The van der Waals surface area contributed by atoms with Gasteiger partial charge in [-0.3, -0.25) is 4.98 Å². The fraction of sp³-hybridized carbons (Fsp3) is 0.500. The molecule has 1 heterocycles. The van der Waals surface area contributed by atoms with Gasteiger partial charge in [-0.15, -0.1) is 0 Å². The van der Waals surface area contributed by atoms with Crippen LogP contribution < -0.4 is 0 Å². The topological polar surface area (TPSA) is 12.9 Å². The summed E-state index contributed by atoms with van der Waals surface area (Å²) in [7, 11) is 0. The molecule has 0 unspecified atom stereocenters. The molecular weight excluding hydrogens is 261 g/mol. The van der Waals surface area contributed by atoms with Crippen molar-refractivity contribution in [3.05, 3.63) is 27.6 Å². The highest BCUT2D eigenvalue weighted by Gasteiger charge is 2.11. The molecule has 0 atom stereocenters. The molecule has 0 aliphatic heterocycles. The van der Waals surface area contributed by atoms with Gasteiger partial charge in [0.25, 0.3) is 0 Å². The quantitative estimate of drug-likeness (QED) is 0.717. The lowest BCUT2D eigenvalue weighted by atomic mass is 9.90. The molecule has 0 bridgehead atoms. The van der Waals surface area contributed by atoms with Crippen molar-refractivity contribution in [3.63, 3.8) is 0 Å². The average Bonchev–Trinajstić information content (AvgIpc) is 1.82. The van der Waals surface area contributed by atoms with E-state index >= 15 is 0 Å². The summed E-state index contributed by atoms with van der Waals surface area (Å²) in [6.07, 6.45) is 2.92. The SMILES string of the molecule is CC(C)(C)Cc1cc(I)ccn1. The first kappa shape index (κ1) is 9.96. The number of aromatic nitrogens is 1. The van der Waals surface area contributed by atoms with Crippen LogP contribution in [0, 0.1) is 8.99 Å². The van der Waals surface area contributed by atoms with E-state index in [2.05, 4.69) is 54.4 Å². The monoisotopic (exact) mass is 275 g/mol. The van der Waals surface area contributed by atoms with Gasteiger partial charge in [-0.1, -0.05) is 20.8 Å². The van der Waals surface area contributed by atoms with Crippen LogP contribution in [0.25, 0.3) is 0 Å². The molecule has 0 fully saturated rings. The van der Waals surface area contributed by atoms with Crippen molar-refractivity contribution in [1.29, 1.82) is 0 Å². The van der Waals surface area contributed by atoms with Crippen molar-refractivity contribution in [3.8, 4) is 0 Å². The van der Waals surface area contributed by atoms with Crippen molar-refractivity contribution < 1.29 is 0 Å². The Morgan fingerprint density at radius 2 is 2.08 bits per heavy atom. The minimum atomic E-state index is 0.331. The van der Waals surface area contributed by atoms with Gasteiger partial charge in [0.15, 0.2) is 0 Å². The molecule has 0 amide bonds. The summed E-state index contributed by atoms with van der Waals surface area (Å²) < 4.78 is 1.27. The lowest BCUT2D eigenvalue weighted by Crippen LogP contribution is -2.10. The van der Waals surface area contributed by atoms with Gasteiger partial charge < -0.3 is 0 Å². The molecule has 1 aromatic rings. The zero-order valence-corrected chi connectivity index (χ0v) is 9.92. The maximum Gasteiger partial charge on any atom is 0.0419 e. The van der Waals surface area contributed by atoms with Crippen LogP contribution >= 0.6 is 22.6 Å². The molecule has 0 radical (unpaired) electrons. The number of hydrogen-bond donors (Lipinski definition) is 0. The summed E-state index contributed by atoms with van der Waals surface area (Å²) in [5.74, 6) is 0. The Balaban J connectivity index is 2.77. The van der Waals surface area contributed by atoms with Crippen molar-refractivity contribution >= 4 is 22.6 Å². The summed E-state index contributed by atoms with van der Waals surface area (Å²) in [4.78, 5) is 4.32. The third-order valence-electron chi connectivity index (χ3n) is 1.49. The second-order valence-corrected chi connectivity index (χ2v) is 5.45. The van der Waals surface area contributed by atoms with Gasteiger partial charge in [-0.25, -0.2) is 0 Å². The highest BCUT2D eigenvalue weighted by atomic mass is 127. The molecule has 0 N–H and O–H groups in total. The number of nitrogens with zero attached hydrogens (tertiary/aromatic N) is 1. The first-order valence-electron chi connectivity index (χ1n) is 4.08. The molecular formula is C10H14IN. The lowest BCUT2D eigenvalue weighted by molar-refractivity contribution is 0.406. The molecule has 12 heavy (non-hydrogen) atoms. The van der Waals surface area contributed by atoms with Crippen LogP contribution in [0.1, 0.15) is 26.5 Å². The lowest BCUT2D eigenvalue weighted by Gasteiger charge is -2.17. The third kappa shape index (κ3) is 3.52. The van der Waals surface area contributed by atoms with E-state index in [0.29, 0.717) is 5.41 Å². The van der Waals surface area contributed by atoms with Gasteiger partial charge in [0.05, 0.1) is 0 Å². The summed E-state index contributed by atoms with van der Waals surface area (Å²) in [6, 6.07) is 4.17. The van der Waals surface area contributed by atoms with Crippen molar-refractivity contribution in [2.24, 2.45) is 5.41 Å². The first-order chi connectivity index (χ1) is 5.47. The smallest absolute Gasteiger partial charge is 0.0419 e. The van der Waals surface area contributed by atoms with Crippen LogP contribution in [-0.4, -0.2) is 4.98 Å². The highest BCUT2D eigenvalue weighted by Crippen LogP contribution is 2.19. The van der Waals surface area contributed by atoms with Gasteiger partial charge in [0, 0.05) is 15.5 Å².